The first-order valence-electron chi connectivity index (χ1n) is 7.38. The summed E-state index contributed by atoms with van der Waals surface area (Å²) in [4.78, 5) is 2.45. The van der Waals surface area contributed by atoms with E-state index in [2.05, 4.69) is 48.3 Å². The lowest BCUT2D eigenvalue weighted by Gasteiger charge is -2.32. The van der Waals surface area contributed by atoms with Crippen molar-refractivity contribution in [3.63, 3.8) is 0 Å². The van der Waals surface area contributed by atoms with Gasteiger partial charge in [-0.05, 0) is 32.0 Å². The van der Waals surface area contributed by atoms with Crippen LogP contribution in [0.1, 0.15) is 18.1 Å². The second kappa shape index (κ2) is 7.63. The van der Waals surface area contributed by atoms with Crippen molar-refractivity contribution in [2.24, 2.45) is 0 Å². The zero-order chi connectivity index (χ0) is 13.5. The highest BCUT2D eigenvalue weighted by Crippen LogP contribution is 2.05. The van der Waals surface area contributed by atoms with E-state index < -0.39 is 0 Å². The molecule has 1 atom stereocenters. The third kappa shape index (κ3) is 4.94. The van der Waals surface area contributed by atoms with Crippen LogP contribution in [0.25, 0.3) is 0 Å². The van der Waals surface area contributed by atoms with E-state index in [0.29, 0.717) is 6.10 Å². The van der Waals surface area contributed by atoms with Gasteiger partial charge in [0.15, 0.2) is 0 Å². The van der Waals surface area contributed by atoms with Gasteiger partial charge in [0.05, 0.1) is 12.7 Å². The number of aryl methyl sites for hydroxylation is 1. The molecule has 0 aliphatic carbocycles. The Hall–Kier alpha value is -0.900. The first-order chi connectivity index (χ1) is 9.28. The Morgan fingerprint density at radius 1 is 1.42 bits per heavy atom. The fourth-order valence-corrected chi connectivity index (χ4v) is 2.55. The molecule has 1 saturated heterocycles. The number of nitrogens with one attached hydrogen (secondary N) is 1. The number of morpholine rings is 1. The summed E-state index contributed by atoms with van der Waals surface area (Å²) in [5.74, 6) is 0. The maximum atomic E-state index is 5.78. The topological polar surface area (TPSA) is 24.5 Å². The van der Waals surface area contributed by atoms with Gasteiger partial charge in [-0.15, -0.1) is 0 Å². The number of likely N-dealkylation sites (N-methyl/N-ethyl adjacent to an activating group) is 1. The van der Waals surface area contributed by atoms with Gasteiger partial charge in [-0.3, -0.25) is 4.90 Å². The first-order valence-corrected chi connectivity index (χ1v) is 7.38. The van der Waals surface area contributed by atoms with E-state index in [1.807, 2.05) is 0 Å². The molecule has 0 bridgehead atoms. The normalized spacial score (nSPS) is 20.6. The van der Waals surface area contributed by atoms with Gasteiger partial charge in [-0.2, -0.15) is 0 Å². The van der Waals surface area contributed by atoms with Crippen LogP contribution in [0.4, 0.5) is 0 Å². The van der Waals surface area contributed by atoms with Crippen LogP contribution in [-0.4, -0.2) is 50.3 Å². The maximum Gasteiger partial charge on any atom is 0.0826 e. The van der Waals surface area contributed by atoms with Crippen molar-refractivity contribution in [1.82, 2.24) is 10.2 Å². The highest BCUT2D eigenvalue weighted by Gasteiger charge is 2.18. The summed E-state index contributed by atoms with van der Waals surface area (Å²) in [5.41, 5.74) is 2.75. The lowest BCUT2D eigenvalue weighted by molar-refractivity contribution is -0.0251. The standard InChI is InChI=1S/C16H26N2O/c1-3-18-9-10-19-16(13-18)12-17-8-7-15-6-4-5-14(2)11-15/h4-6,11,16-17H,3,7-10,12-13H2,1-2H3. The summed E-state index contributed by atoms with van der Waals surface area (Å²) < 4.78 is 5.78. The molecular formula is C16H26N2O. The average Bonchev–Trinajstić information content (AvgIpc) is 2.44. The monoisotopic (exact) mass is 262 g/mol. The molecular weight excluding hydrogens is 236 g/mol. The van der Waals surface area contributed by atoms with Gasteiger partial charge >= 0.3 is 0 Å². The maximum absolute atomic E-state index is 5.78. The summed E-state index contributed by atoms with van der Waals surface area (Å²) in [5, 5.41) is 3.52. The van der Waals surface area contributed by atoms with E-state index in [0.717, 1.165) is 45.8 Å². The fraction of sp³-hybridized carbons (Fsp3) is 0.625. The van der Waals surface area contributed by atoms with Crippen LogP contribution in [0.3, 0.4) is 0 Å². The fourth-order valence-electron chi connectivity index (χ4n) is 2.55. The second-order valence-electron chi connectivity index (χ2n) is 5.33. The van der Waals surface area contributed by atoms with Crippen LogP contribution in [0, 0.1) is 6.92 Å². The van der Waals surface area contributed by atoms with E-state index in [1.54, 1.807) is 0 Å². The van der Waals surface area contributed by atoms with Crippen LogP contribution >= 0.6 is 0 Å². The number of benzene rings is 1. The van der Waals surface area contributed by atoms with Crippen LogP contribution in [-0.2, 0) is 11.2 Å². The van der Waals surface area contributed by atoms with Gasteiger partial charge < -0.3 is 10.1 Å². The molecule has 1 aromatic carbocycles. The molecule has 1 aliphatic rings. The molecule has 106 valence electrons. The molecule has 1 unspecified atom stereocenters. The molecule has 0 radical (unpaired) electrons. The lowest BCUT2D eigenvalue weighted by atomic mass is 10.1. The second-order valence-corrected chi connectivity index (χ2v) is 5.33. The molecule has 1 aromatic rings. The molecule has 0 aromatic heterocycles. The first kappa shape index (κ1) is 14.5. The smallest absolute Gasteiger partial charge is 0.0826 e. The van der Waals surface area contributed by atoms with E-state index in [4.69, 9.17) is 4.74 Å². The molecule has 3 nitrogen and oxygen atoms in total. The van der Waals surface area contributed by atoms with Crippen LogP contribution < -0.4 is 5.32 Å². The minimum absolute atomic E-state index is 0.353. The van der Waals surface area contributed by atoms with E-state index >= 15 is 0 Å². The van der Waals surface area contributed by atoms with Crippen molar-refractivity contribution in [3.8, 4) is 0 Å². The summed E-state index contributed by atoms with van der Waals surface area (Å²) in [7, 11) is 0. The average molecular weight is 262 g/mol. The molecule has 0 amide bonds. The third-order valence-electron chi connectivity index (χ3n) is 3.72. The quantitative estimate of drug-likeness (QED) is 0.792. The predicted molar refractivity (Wildman–Crippen MR) is 79.6 cm³/mol. The Morgan fingerprint density at radius 2 is 2.32 bits per heavy atom. The highest BCUT2D eigenvalue weighted by atomic mass is 16.5. The molecule has 0 spiro atoms. The van der Waals surface area contributed by atoms with Crippen molar-refractivity contribution < 1.29 is 4.74 Å². The predicted octanol–water partition coefficient (Wildman–Crippen LogP) is 1.85. The van der Waals surface area contributed by atoms with Gasteiger partial charge in [0.2, 0.25) is 0 Å². The van der Waals surface area contributed by atoms with Crippen LogP contribution in [0.15, 0.2) is 24.3 Å². The summed E-state index contributed by atoms with van der Waals surface area (Å²) in [6, 6.07) is 8.74. The molecule has 3 heteroatoms. The van der Waals surface area contributed by atoms with Crippen LogP contribution in [0.2, 0.25) is 0 Å². The molecule has 1 fully saturated rings. The highest BCUT2D eigenvalue weighted by molar-refractivity contribution is 5.22. The summed E-state index contributed by atoms with van der Waals surface area (Å²) >= 11 is 0. The third-order valence-corrected chi connectivity index (χ3v) is 3.72. The molecule has 1 aliphatic heterocycles. The largest absolute Gasteiger partial charge is 0.374 e. The zero-order valence-electron chi connectivity index (χ0n) is 12.2. The lowest BCUT2D eigenvalue weighted by Crippen LogP contribution is -2.46. The number of hydrogen-bond acceptors (Lipinski definition) is 3. The number of ether oxygens (including phenoxy) is 1. The minimum Gasteiger partial charge on any atom is -0.374 e. The molecule has 19 heavy (non-hydrogen) atoms. The Balaban J connectivity index is 1.64. The van der Waals surface area contributed by atoms with E-state index in [1.165, 1.54) is 11.1 Å². The Kier molecular flexibility index (Phi) is 5.83. The minimum atomic E-state index is 0.353. The SMILES string of the molecule is CCN1CCOC(CNCCc2cccc(C)c2)C1. The van der Waals surface area contributed by atoms with Crippen molar-refractivity contribution in [3.05, 3.63) is 35.4 Å². The van der Waals surface area contributed by atoms with Crippen molar-refractivity contribution in [2.75, 3.05) is 39.3 Å². The van der Waals surface area contributed by atoms with Crippen LogP contribution in [0.5, 0.6) is 0 Å². The number of rotatable bonds is 6. The molecule has 2 rings (SSSR count). The zero-order valence-corrected chi connectivity index (χ0v) is 12.2. The molecule has 1 heterocycles. The number of nitrogens with zero attached hydrogens (tertiary/aromatic N) is 1. The molecule has 0 saturated carbocycles. The Bertz CT molecular complexity index is 381. The van der Waals surface area contributed by atoms with Gasteiger partial charge in [-0.25, -0.2) is 0 Å². The van der Waals surface area contributed by atoms with Gasteiger partial charge in [0, 0.05) is 19.6 Å². The Labute approximate surface area is 116 Å². The van der Waals surface area contributed by atoms with Crippen molar-refractivity contribution in [2.45, 2.75) is 26.4 Å². The van der Waals surface area contributed by atoms with Crippen molar-refractivity contribution in [1.29, 1.82) is 0 Å². The number of hydrogen-bond donors (Lipinski definition) is 1. The Morgan fingerprint density at radius 3 is 3.11 bits per heavy atom. The van der Waals surface area contributed by atoms with Crippen molar-refractivity contribution >= 4 is 0 Å². The van der Waals surface area contributed by atoms with E-state index in [9.17, 15) is 0 Å². The summed E-state index contributed by atoms with van der Waals surface area (Å²) in [6.45, 7) is 10.5. The van der Waals surface area contributed by atoms with E-state index in [-0.39, 0.29) is 0 Å². The van der Waals surface area contributed by atoms with Gasteiger partial charge in [0.1, 0.15) is 0 Å². The van der Waals surface area contributed by atoms with Gasteiger partial charge in [0.25, 0.3) is 0 Å². The van der Waals surface area contributed by atoms with Gasteiger partial charge in [-0.1, -0.05) is 36.8 Å². The summed E-state index contributed by atoms with van der Waals surface area (Å²) in [6.07, 6.45) is 1.44. The molecule has 1 N–H and O–H groups in total.